The van der Waals surface area contributed by atoms with Crippen molar-refractivity contribution in [2.45, 2.75) is 50.9 Å². The maximum Gasteiger partial charge on any atom is 0.490 e. The van der Waals surface area contributed by atoms with Crippen molar-refractivity contribution in [3.05, 3.63) is 30.1 Å². The second kappa shape index (κ2) is 14.6. The van der Waals surface area contributed by atoms with E-state index in [2.05, 4.69) is 14.8 Å². The summed E-state index contributed by atoms with van der Waals surface area (Å²) in [5, 5.41) is 14.2. The highest BCUT2D eigenvalue weighted by atomic mass is 19.4. The molecule has 1 spiro atoms. The predicted octanol–water partition coefficient (Wildman–Crippen LogP) is 3.63. The minimum absolute atomic E-state index is 0.256. The second-order valence-corrected chi connectivity index (χ2v) is 10.1. The van der Waals surface area contributed by atoms with Crippen LogP contribution in [0.5, 0.6) is 0 Å². The van der Waals surface area contributed by atoms with E-state index in [1.54, 1.807) is 12.4 Å². The summed E-state index contributed by atoms with van der Waals surface area (Å²) in [6.45, 7) is 7.41. The minimum atomic E-state index is -5.08. The zero-order valence-electron chi connectivity index (χ0n) is 21.7. The number of carbonyl (C=O) groups is 3. The molecule has 0 radical (unpaired) electrons. The summed E-state index contributed by atoms with van der Waals surface area (Å²) in [6, 6.07) is 3.89. The van der Waals surface area contributed by atoms with Crippen molar-refractivity contribution in [3.8, 4) is 0 Å². The van der Waals surface area contributed by atoms with Gasteiger partial charge in [-0.05, 0) is 68.2 Å². The Kier molecular flexibility index (Phi) is 12.2. The number of piperidine rings is 2. The number of amides is 1. The third kappa shape index (κ3) is 11.3. The van der Waals surface area contributed by atoms with Crippen LogP contribution in [0.1, 0.15) is 37.7 Å². The van der Waals surface area contributed by atoms with E-state index >= 15 is 0 Å². The Labute approximate surface area is 227 Å². The first kappa shape index (κ1) is 33.3. The van der Waals surface area contributed by atoms with Gasteiger partial charge >= 0.3 is 24.3 Å². The summed E-state index contributed by atoms with van der Waals surface area (Å²) in [5.41, 5.74) is 1.50. The Morgan fingerprint density at radius 2 is 1.48 bits per heavy atom. The van der Waals surface area contributed by atoms with Crippen molar-refractivity contribution in [1.82, 2.24) is 14.8 Å². The number of carbonyl (C=O) groups excluding carboxylic acids is 1. The van der Waals surface area contributed by atoms with Gasteiger partial charge in [0.2, 0.25) is 5.91 Å². The monoisotopic (exact) mass is 585 g/mol. The third-order valence-electron chi connectivity index (χ3n) is 7.20. The van der Waals surface area contributed by atoms with Crippen molar-refractivity contribution in [3.63, 3.8) is 0 Å². The van der Waals surface area contributed by atoms with Gasteiger partial charge in [0, 0.05) is 38.6 Å². The molecule has 4 rings (SSSR count). The number of rotatable bonds is 4. The maximum atomic E-state index is 12.6. The van der Waals surface area contributed by atoms with Gasteiger partial charge < -0.3 is 24.7 Å². The van der Waals surface area contributed by atoms with Gasteiger partial charge in [0.25, 0.3) is 0 Å². The van der Waals surface area contributed by atoms with E-state index in [0.29, 0.717) is 11.8 Å². The molecule has 1 aromatic rings. The van der Waals surface area contributed by atoms with Crippen LogP contribution in [0.4, 0.5) is 26.3 Å². The average molecular weight is 586 g/mol. The second-order valence-electron chi connectivity index (χ2n) is 10.1. The van der Waals surface area contributed by atoms with Gasteiger partial charge in [-0.2, -0.15) is 26.3 Å². The fourth-order valence-electron chi connectivity index (χ4n) is 4.82. The number of alkyl halides is 6. The van der Waals surface area contributed by atoms with Crippen molar-refractivity contribution in [1.29, 1.82) is 0 Å². The first-order valence-electron chi connectivity index (χ1n) is 12.7. The molecular formula is C25H33F6N3O6. The molecule has 0 bridgehead atoms. The minimum Gasteiger partial charge on any atom is -0.475 e. The predicted molar refractivity (Wildman–Crippen MR) is 128 cm³/mol. The first-order chi connectivity index (χ1) is 18.6. The summed E-state index contributed by atoms with van der Waals surface area (Å²) in [4.78, 5) is 39.2. The molecule has 1 aromatic heterocycles. The van der Waals surface area contributed by atoms with E-state index in [0.717, 1.165) is 37.8 Å². The van der Waals surface area contributed by atoms with Gasteiger partial charge in [-0.15, -0.1) is 0 Å². The standard InChI is InChI=1S/C21H31N3O2.2C2HF3O2/c25-20(14-18-2-1-8-22-15-18)24-11-6-21(7-12-24)4-9-23(10-5-21)16-19-3-13-26-17-19;2*3-2(4,5)1(6)7/h1-2,8,15,19H,3-7,9-14,16-17H2;2*(H,6,7). The van der Waals surface area contributed by atoms with Crippen LogP contribution in [0.25, 0.3) is 0 Å². The largest absolute Gasteiger partial charge is 0.490 e. The summed E-state index contributed by atoms with van der Waals surface area (Å²) in [7, 11) is 0. The molecule has 0 aliphatic carbocycles. The number of halogens is 6. The quantitative estimate of drug-likeness (QED) is 0.515. The van der Waals surface area contributed by atoms with Gasteiger partial charge in [0.1, 0.15) is 0 Å². The highest BCUT2D eigenvalue weighted by Crippen LogP contribution is 2.41. The number of hydrogen-bond donors (Lipinski definition) is 2. The van der Waals surface area contributed by atoms with E-state index in [-0.39, 0.29) is 5.91 Å². The lowest BCUT2D eigenvalue weighted by Crippen LogP contribution is -2.49. The molecule has 4 heterocycles. The summed E-state index contributed by atoms with van der Waals surface area (Å²) in [6.07, 6.45) is 0.0433. The number of carboxylic acid groups (broad SMARTS) is 2. The fraction of sp³-hybridized carbons (Fsp3) is 0.680. The van der Waals surface area contributed by atoms with Gasteiger partial charge in [-0.3, -0.25) is 9.78 Å². The lowest BCUT2D eigenvalue weighted by Gasteiger charge is -2.47. The molecule has 15 heteroatoms. The number of pyridine rings is 1. The molecule has 9 nitrogen and oxygen atoms in total. The Morgan fingerprint density at radius 1 is 0.950 bits per heavy atom. The van der Waals surface area contributed by atoms with E-state index in [1.807, 2.05) is 12.1 Å². The molecular weight excluding hydrogens is 552 g/mol. The molecule has 3 aliphatic heterocycles. The zero-order valence-corrected chi connectivity index (χ0v) is 21.7. The van der Waals surface area contributed by atoms with Gasteiger partial charge in [0.15, 0.2) is 0 Å². The molecule has 1 unspecified atom stereocenters. The van der Waals surface area contributed by atoms with Crippen molar-refractivity contribution >= 4 is 17.8 Å². The van der Waals surface area contributed by atoms with Crippen LogP contribution in [0.2, 0.25) is 0 Å². The highest BCUT2D eigenvalue weighted by Gasteiger charge is 2.40. The smallest absolute Gasteiger partial charge is 0.475 e. The number of likely N-dealkylation sites (tertiary alicyclic amines) is 2. The maximum absolute atomic E-state index is 12.6. The lowest BCUT2D eigenvalue weighted by molar-refractivity contribution is -0.193. The van der Waals surface area contributed by atoms with Gasteiger partial charge in [0.05, 0.1) is 13.0 Å². The van der Waals surface area contributed by atoms with Crippen LogP contribution >= 0.6 is 0 Å². The average Bonchev–Trinajstić information content (AvgIpc) is 3.39. The number of ether oxygens (including phenoxy) is 1. The Balaban J connectivity index is 0.000000333. The molecule has 3 saturated heterocycles. The SMILES string of the molecule is O=C(Cc1cccnc1)N1CCC2(CCN(CC3CCOC3)CC2)CC1.O=C(O)C(F)(F)F.O=C(O)C(F)(F)F. The van der Waals surface area contributed by atoms with E-state index in [9.17, 15) is 31.1 Å². The molecule has 0 aromatic carbocycles. The molecule has 0 saturated carbocycles. The number of aromatic nitrogens is 1. The van der Waals surface area contributed by atoms with Crippen LogP contribution < -0.4 is 0 Å². The number of aliphatic carboxylic acids is 2. The molecule has 40 heavy (non-hydrogen) atoms. The van der Waals surface area contributed by atoms with Crippen LogP contribution in [0.15, 0.2) is 24.5 Å². The Bertz CT molecular complexity index is 928. The number of hydrogen-bond acceptors (Lipinski definition) is 6. The fourth-order valence-corrected chi connectivity index (χ4v) is 4.82. The van der Waals surface area contributed by atoms with Crippen molar-refractivity contribution in [2.24, 2.45) is 11.3 Å². The Morgan fingerprint density at radius 3 is 1.90 bits per heavy atom. The van der Waals surface area contributed by atoms with Crippen LogP contribution in [-0.2, 0) is 25.5 Å². The van der Waals surface area contributed by atoms with E-state index in [1.165, 1.54) is 51.7 Å². The van der Waals surface area contributed by atoms with Gasteiger partial charge in [-0.25, -0.2) is 9.59 Å². The molecule has 2 N–H and O–H groups in total. The van der Waals surface area contributed by atoms with Gasteiger partial charge in [-0.1, -0.05) is 6.07 Å². The van der Waals surface area contributed by atoms with Crippen LogP contribution in [0.3, 0.4) is 0 Å². The molecule has 1 atom stereocenters. The zero-order chi connectivity index (χ0) is 30.0. The van der Waals surface area contributed by atoms with Crippen molar-refractivity contribution < 1.29 is 55.7 Å². The number of carboxylic acids is 2. The van der Waals surface area contributed by atoms with E-state index in [4.69, 9.17) is 24.5 Å². The molecule has 3 fully saturated rings. The molecule has 226 valence electrons. The Hall–Kier alpha value is -2.94. The highest BCUT2D eigenvalue weighted by molar-refractivity contribution is 5.78. The van der Waals surface area contributed by atoms with Crippen LogP contribution in [-0.4, -0.2) is 101 Å². The topological polar surface area (TPSA) is 120 Å². The molecule has 1 amide bonds. The summed E-state index contributed by atoms with van der Waals surface area (Å²) >= 11 is 0. The van der Waals surface area contributed by atoms with Crippen LogP contribution in [0, 0.1) is 11.3 Å². The normalized spacial score (nSPS) is 21.1. The third-order valence-corrected chi connectivity index (χ3v) is 7.20. The number of nitrogens with zero attached hydrogens (tertiary/aromatic N) is 3. The van der Waals surface area contributed by atoms with E-state index < -0.39 is 24.3 Å². The first-order valence-corrected chi connectivity index (χ1v) is 12.7. The molecule has 3 aliphatic rings. The lowest BCUT2D eigenvalue weighted by atomic mass is 9.71. The summed E-state index contributed by atoms with van der Waals surface area (Å²) < 4.78 is 69.0. The summed E-state index contributed by atoms with van der Waals surface area (Å²) in [5.74, 6) is -4.51. The van der Waals surface area contributed by atoms with Crippen molar-refractivity contribution in [2.75, 3.05) is 45.9 Å².